The standard InChI is InChI=1S/C21H21F2NO7/c1-30-19-17(20(29)31-2)24(10-16(26)27)9-12(18(19)28)15(25)8-21(5-6-21)13-4-3-11(22)7-14(13)23/h3-4,7,9,16,26-27H,5-6,8,10H2,1-2H3. The first-order chi connectivity index (χ1) is 14.6. The van der Waals surface area contributed by atoms with Gasteiger partial charge >= 0.3 is 5.97 Å². The highest BCUT2D eigenvalue weighted by Gasteiger charge is 2.48. The van der Waals surface area contributed by atoms with Crippen LogP contribution in [0.15, 0.2) is 29.2 Å². The predicted octanol–water partition coefficient (Wildman–Crippen LogP) is 1.54. The Morgan fingerprint density at radius 3 is 2.42 bits per heavy atom. The predicted molar refractivity (Wildman–Crippen MR) is 103 cm³/mol. The van der Waals surface area contributed by atoms with Crippen LogP contribution in [0.3, 0.4) is 0 Å². The van der Waals surface area contributed by atoms with E-state index in [9.17, 15) is 33.4 Å². The Morgan fingerprint density at radius 2 is 1.90 bits per heavy atom. The van der Waals surface area contributed by atoms with Gasteiger partial charge in [0.1, 0.15) is 11.6 Å². The summed E-state index contributed by atoms with van der Waals surface area (Å²) in [5, 5.41) is 18.7. The van der Waals surface area contributed by atoms with E-state index in [0.29, 0.717) is 12.8 Å². The fourth-order valence-electron chi connectivity index (χ4n) is 3.67. The molecule has 10 heteroatoms. The molecule has 0 unspecified atom stereocenters. The maximum absolute atomic E-state index is 14.3. The number of aliphatic hydroxyl groups is 2. The van der Waals surface area contributed by atoms with Gasteiger partial charge in [0.2, 0.25) is 5.43 Å². The zero-order valence-electron chi connectivity index (χ0n) is 16.9. The highest BCUT2D eigenvalue weighted by atomic mass is 19.1. The van der Waals surface area contributed by atoms with Crippen LogP contribution >= 0.6 is 0 Å². The Bertz CT molecular complexity index is 1090. The molecule has 0 saturated heterocycles. The second-order valence-corrected chi connectivity index (χ2v) is 7.38. The largest absolute Gasteiger partial charge is 0.491 e. The Kier molecular flexibility index (Phi) is 6.23. The first-order valence-electron chi connectivity index (χ1n) is 9.38. The van der Waals surface area contributed by atoms with Crippen LogP contribution in [0.4, 0.5) is 8.78 Å². The summed E-state index contributed by atoms with van der Waals surface area (Å²) in [5.74, 6) is -3.62. The summed E-state index contributed by atoms with van der Waals surface area (Å²) in [6.45, 7) is -0.543. The van der Waals surface area contributed by atoms with Gasteiger partial charge in [-0.1, -0.05) is 6.07 Å². The van der Waals surface area contributed by atoms with E-state index in [-0.39, 0.29) is 23.2 Å². The van der Waals surface area contributed by atoms with Crippen LogP contribution < -0.4 is 10.2 Å². The third-order valence-corrected chi connectivity index (χ3v) is 5.34. The van der Waals surface area contributed by atoms with Crippen molar-refractivity contribution in [2.75, 3.05) is 14.2 Å². The molecule has 0 aliphatic heterocycles. The number of nitrogens with zero attached hydrogens (tertiary/aromatic N) is 1. The number of carbonyl (C=O) groups excluding carboxylic acids is 2. The number of methoxy groups -OCH3 is 2. The number of aromatic nitrogens is 1. The second-order valence-electron chi connectivity index (χ2n) is 7.38. The number of carbonyl (C=O) groups is 2. The van der Waals surface area contributed by atoms with Gasteiger partial charge in [0, 0.05) is 24.1 Å². The topological polar surface area (TPSA) is 115 Å². The lowest BCUT2D eigenvalue weighted by Crippen LogP contribution is -2.29. The maximum atomic E-state index is 14.3. The van der Waals surface area contributed by atoms with Gasteiger partial charge in [-0.3, -0.25) is 9.59 Å². The molecule has 1 saturated carbocycles. The Morgan fingerprint density at radius 1 is 1.23 bits per heavy atom. The SMILES string of the molecule is COC(=O)c1c(OC)c(=O)c(C(=O)CC2(c3ccc(F)cc3F)CC2)cn1CC(O)O. The van der Waals surface area contributed by atoms with Gasteiger partial charge in [-0.15, -0.1) is 0 Å². The first-order valence-corrected chi connectivity index (χ1v) is 9.38. The lowest BCUT2D eigenvalue weighted by atomic mass is 9.88. The minimum absolute atomic E-state index is 0.187. The van der Waals surface area contributed by atoms with Crippen LogP contribution in [-0.2, 0) is 16.7 Å². The van der Waals surface area contributed by atoms with Crippen molar-refractivity contribution >= 4 is 11.8 Å². The van der Waals surface area contributed by atoms with Crippen molar-refractivity contribution in [1.82, 2.24) is 4.57 Å². The van der Waals surface area contributed by atoms with Crippen molar-refractivity contribution in [2.45, 2.75) is 37.5 Å². The van der Waals surface area contributed by atoms with Crippen molar-refractivity contribution in [3.05, 3.63) is 63.1 Å². The molecule has 1 aliphatic rings. The van der Waals surface area contributed by atoms with Crippen molar-refractivity contribution in [3.63, 3.8) is 0 Å². The number of ketones is 1. The minimum atomic E-state index is -1.90. The smallest absolute Gasteiger partial charge is 0.358 e. The molecule has 2 N–H and O–H groups in total. The van der Waals surface area contributed by atoms with E-state index in [1.54, 1.807) is 0 Å². The lowest BCUT2D eigenvalue weighted by molar-refractivity contribution is -0.0519. The van der Waals surface area contributed by atoms with Crippen molar-refractivity contribution in [1.29, 1.82) is 0 Å². The third-order valence-electron chi connectivity index (χ3n) is 5.34. The van der Waals surface area contributed by atoms with Gasteiger partial charge in [-0.25, -0.2) is 13.6 Å². The number of Topliss-reactive ketones (excluding diaryl/α,β-unsaturated/α-hetero) is 1. The van der Waals surface area contributed by atoms with Crippen molar-refractivity contribution < 1.29 is 38.1 Å². The van der Waals surface area contributed by atoms with Gasteiger partial charge in [-0.05, 0) is 24.5 Å². The number of esters is 1. The fraction of sp³-hybridized carbons (Fsp3) is 0.381. The van der Waals surface area contributed by atoms with Crippen LogP contribution in [0.5, 0.6) is 5.75 Å². The zero-order valence-corrected chi connectivity index (χ0v) is 16.9. The molecule has 0 radical (unpaired) electrons. The molecule has 1 fully saturated rings. The number of pyridine rings is 1. The van der Waals surface area contributed by atoms with E-state index in [1.165, 1.54) is 6.07 Å². The second kappa shape index (κ2) is 8.56. The third kappa shape index (κ3) is 4.35. The van der Waals surface area contributed by atoms with Gasteiger partial charge in [0.25, 0.3) is 0 Å². The van der Waals surface area contributed by atoms with Gasteiger partial charge < -0.3 is 24.3 Å². The zero-order chi connectivity index (χ0) is 22.9. The van der Waals surface area contributed by atoms with E-state index in [1.807, 2.05) is 0 Å². The molecule has 2 aromatic rings. The summed E-state index contributed by atoms with van der Waals surface area (Å²) in [5.41, 5.74) is -2.31. The molecule has 0 bridgehead atoms. The average molecular weight is 437 g/mol. The summed E-state index contributed by atoms with van der Waals surface area (Å²) < 4.78 is 38.2. The summed E-state index contributed by atoms with van der Waals surface area (Å²) in [6.07, 6.45) is -0.158. The van der Waals surface area contributed by atoms with Gasteiger partial charge in [0.15, 0.2) is 23.5 Å². The summed E-state index contributed by atoms with van der Waals surface area (Å²) >= 11 is 0. The van der Waals surface area contributed by atoms with E-state index < -0.39 is 52.8 Å². The number of hydrogen-bond donors (Lipinski definition) is 2. The molecule has 31 heavy (non-hydrogen) atoms. The quantitative estimate of drug-likeness (QED) is 0.366. The number of hydrogen-bond acceptors (Lipinski definition) is 7. The number of benzene rings is 1. The van der Waals surface area contributed by atoms with E-state index >= 15 is 0 Å². The Hall–Kier alpha value is -3.11. The van der Waals surface area contributed by atoms with Crippen molar-refractivity contribution in [3.8, 4) is 5.75 Å². The summed E-state index contributed by atoms with van der Waals surface area (Å²) in [7, 11) is 2.19. The molecule has 1 aliphatic carbocycles. The number of halogens is 2. The molecule has 8 nitrogen and oxygen atoms in total. The average Bonchev–Trinajstić information content (AvgIpc) is 3.47. The molecular formula is C21H21F2NO7. The lowest BCUT2D eigenvalue weighted by Gasteiger charge is -2.19. The molecule has 3 rings (SSSR count). The van der Waals surface area contributed by atoms with Gasteiger partial charge in [0.05, 0.1) is 26.3 Å². The summed E-state index contributed by atoms with van der Waals surface area (Å²) in [4.78, 5) is 38.0. The van der Waals surface area contributed by atoms with Crippen LogP contribution in [0.25, 0.3) is 0 Å². The number of rotatable bonds is 8. The Labute approximate surface area is 175 Å². The van der Waals surface area contributed by atoms with E-state index in [4.69, 9.17) is 4.74 Å². The van der Waals surface area contributed by atoms with E-state index in [0.717, 1.165) is 37.1 Å². The molecule has 0 amide bonds. The molecule has 1 aromatic heterocycles. The maximum Gasteiger partial charge on any atom is 0.358 e. The van der Waals surface area contributed by atoms with Crippen molar-refractivity contribution in [2.24, 2.45) is 0 Å². The highest BCUT2D eigenvalue weighted by molar-refractivity contribution is 5.99. The molecule has 1 aromatic carbocycles. The van der Waals surface area contributed by atoms with E-state index in [2.05, 4.69) is 4.74 Å². The fourth-order valence-corrected chi connectivity index (χ4v) is 3.67. The van der Waals surface area contributed by atoms with Crippen LogP contribution in [0.1, 0.15) is 45.7 Å². The van der Waals surface area contributed by atoms with Gasteiger partial charge in [-0.2, -0.15) is 0 Å². The molecule has 0 spiro atoms. The van der Waals surface area contributed by atoms with Crippen LogP contribution in [-0.4, -0.2) is 47.0 Å². The van der Waals surface area contributed by atoms with Crippen LogP contribution in [0, 0.1) is 11.6 Å². The monoisotopic (exact) mass is 437 g/mol. The van der Waals surface area contributed by atoms with Crippen LogP contribution in [0.2, 0.25) is 0 Å². The molecule has 166 valence electrons. The molecule has 1 heterocycles. The summed E-state index contributed by atoms with van der Waals surface area (Å²) in [6, 6.07) is 3.13. The number of ether oxygens (including phenoxy) is 2. The highest BCUT2D eigenvalue weighted by Crippen LogP contribution is 2.52. The number of aliphatic hydroxyl groups excluding tert-OH is 1. The minimum Gasteiger partial charge on any atom is -0.491 e. The molecular weight excluding hydrogens is 416 g/mol. The molecule has 0 atom stereocenters. The normalized spacial score (nSPS) is 14.4. The first kappa shape index (κ1) is 22.6. The Balaban J connectivity index is 2.05.